The highest BCUT2D eigenvalue weighted by molar-refractivity contribution is 5.97. The summed E-state index contributed by atoms with van der Waals surface area (Å²) in [7, 11) is 0. The molecule has 14 heteroatoms. The van der Waals surface area contributed by atoms with E-state index in [1.807, 2.05) is 0 Å². The van der Waals surface area contributed by atoms with Crippen molar-refractivity contribution in [2.24, 2.45) is 5.92 Å². The summed E-state index contributed by atoms with van der Waals surface area (Å²) in [5.41, 5.74) is -2.33. The van der Waals surface area contributed by atoms with Gasteiger partial charge in [0, 0.05) is 24.5 Å². The van der Waals surface area contributed by atoms with Gasteiger partial charge in [0.25, 0.3) is 5.69 Å². The minimum absolute atomic E-state index is 0.0449. The zero-order valence-electron chi connectivity index (χ0n) is 28.0. The van der Waals surface area contributed by atoms with E-state index >= 15 is 0 Å². The fourth-order valence-electron chi connectivity index (χ4n) is 5.60. The number of benzene rings is 1. The van der Waals surface area contributed by atoms with Crippen LogP contribution in [-0.4, -0.2) is 82.1 Å². The van der Waals surface area contributed by atoms with Crippen molar-refractivity contribution in [2.75, 3.05) is 13.2 Å². The number of amides is 3. The summed E-state index contributed by atoms with van der Waals surface area (Å²) in [5, 5.41) is 16.5. The molecule has 1 aliphatic heterocycles. The Hall–Kier alpha value is -4.75. The number of nitro groups is 1. The molecule has 1 aromatic rings. The molecule has 0 aromatic heterocycles. The maximum atomic E-state index is 14.2. The number of esters is 2. The lowest BCUT2D eigenvalue weighted by Gasteiger charge is -2.30. The van der Waals surface area contributed by atoms with Crippen LogP contribution in [0.2, 0.25) is 0 Å². The van der Waals surface area contributed by atoms with E-state index in [1.165, 1.54) is 29.2 Å². The lowest BCUT2D eigenvalue weighted by atomic mass is 10.0. The molecule has 48 heavy (non-hydrogen) atoms. The highest BCUT2D eigenvalue weighted by atomic mass is 16.6. The van der Waals surface area contributed by atoms with E-state index in [0.29, 0.717) is 6.42 Å². The number of nitro benzene ring substituents is 1. The number of unbranched alkanes of at least 4 members (excludes halogenated alkanes) is 3. The van der Waals surface area contributed by atoms with E-state index in [-0.39, 0.29) is 49.6 Å². The number of non-ortho nitro benzene ring substituents is 1. The van der Waals surface area contributed by atoms with E-state index in [2.05, 4.69) is 23.8 Å². The monoisotopic (exact) mass is 670 g/mol. The Balaban J connectivity index is 1.88. The molecule has 3 rings (SSSR count). The van der Waals surface area contributed by atoms with Crippen molar-refractivity contribution in [2.45, 2.75) is 102 Å². The molecule has 1 saturated heterocycles. The number of ether oxygens (including phenoxy) is 3. The highest BCUT2D eigenvalue weighted by Gasteiger charge is 2.62. The van der Waals surface area contributed by atoms with Gasteiger partial charge in [-0.1, -0.05) is 25.0 Å². The fourth-order valence-corrected chi connectivity index (χ4v) is 5.60. The average Bonchev–Trinajstić information content (AvgIpc) is 3.58. The zero-order valence-corrected chi connectivity index (χ0v) is 28.0. The molecular weight excluding hydrogens is 624 g/mol. The second-order valence-corrected chi connectivity index (χ2v) is 12.9. The Morgan fingerprint density at radius 2 is 1.81 bits per heavy atom. The van der Waals surface area contributed by atoms with E-state index in [1.54, 1.807) is 39.8 Å². The van der Waals surface area contributed by atoms with Crippen LogP contribution in [0.25, 0.3) is 0 Å². The van der Waals surface area contributed by atoms with Gasteiger partial charge >= 0.3 is 18.0 Å². The molecule has 3 amide bonds. The lowest BCUT2D eigenvalue weighted by molar-refractivity contribution is -0.384. The Labute approximate surface area is 280 Å². The number of nitrogens with one attached hydrogen (secondary N) is 2. The van der Waals surface area contributed by atoms with Crippen LogP contribution in [0.4, 0.5) is 10.5 Å². The largest absolute Gasteiger partial charge is 0.464 e. The van der Waals surface area contributed by atoms with Crippen LogP contribution in [0.15, 0.2) is 49.6 Å². The van der Waals surface area contributed by atoms with Crippen molar-refractivity contribution < 1.29 is 43.1 Å². The number of rotatable bonds is 16. The van der Waals surface area contributed by atoms with Gasteiger partial charge in [-0.15, -0.1) is 13.2 Å². The van der Waals surface area contributed by atoms with Crippen LogP contribution in [0.1, 0.15) is 83.0 Å². The van der Waals surface area contributed by atoms with Crippen molar-refractivity contribution in [1.82, 2.24) is 15.5 Å². The first-order valence-electron chi connectivity index (χ1n) is 16.1. The number of nitrogens with zero attached hydrogens (tertiary/aromatic N) is 2. The summed E-state index contributed by atoms with van der Waals surface area (Å²) in [5.74, 6) is -3.04. The number of carbonyl (C=O) groups excluding carboxylic acids is 5. The van der Waals surface area contributed by atoms with Gasteiger partial charge < -0.3 is 29.7 Å². The van der Waals surface area contributed by atoms with E-state index < -0.39 is 64.1 Å². The minimum atomic E-state index is -1.34. The third kappa shape index (κ3) is 9.88. The quantitative estimate of drug-likeness (QED) is 0.0639. The number of alkyl carbamates (subject to hydrolysis) is 1. The molecule has 2 N–H and O–H groups in total. The number of carbonyl (C=O) groups is 5. The molecule has 2 fully saturated rings. The van der Waals surface area contributed by atoms with Gasteiger partial charge in [0.2, 0.25) is 11.8 Å². The molecule has 1 aliphatic carbocycles. The maximum absolute atomic E-state index is 14.2. The molecule has 0 unspecified atom stereocenters. The Morgan fingerprint density at radius 1 is 1.12 bits per heavy atom. The molecule has 14 nitrogen and oxygen atoms in total. The number of hydrogen-bond acceptors (Lipinski definition) is 10. The predicted octanol–water partition coefficient (Wildman–Crippen LogP) is 4.37. The standard InChI is InChI=1S/C34H46N4O10/c1-7-10-11-12-13-14-26(35-32(43)48-33(4,5)6)29(40)37-21-25(47-30(41)22-15-17-24(18-16-22)38(44)45)19-27(37)28(39)36-34(20-23(34)8-2)31(42)46-9-3/h7-8,15-18,23,25-27H,1-2,9-14,19-21H2,3-6H3,(H,35,43)(H,36,39)/t23-,25-,26+,27+,34-/m1/s1. The summed E-state index contributed by atoms with van der Waals surface area (Å²) in [6.07, 6.45) is 4.99. The van der Waals surface area contributed by atoms with Gasteiger partial charge in [-0.2, -0.15) is 0 Å². The highest BCUT2D eigenvalue weighted by Crippen LogP contribution is 2.45. The van der Waals surface area contributed by atoms with Crippen molar-refractivity contribution in [3.05, 3.63) is 65.3 Å². The van der Waals surface area contributed by atoms with Crippen molar-refractivity contribution in [3.8, 4) is 0 Å². The van der Waals surface area contributed by atoms with E-state index in [4.69, 9.17) is 14.2 Å². The number of likely N-dealkylation sites (tertiary alicyclic amines) is 1. The van der Waals surface area contributed by atoms with Crippen LogP contribution in [-0.2, 0) is 28.6 Å². The van der Waals surface area contributed by atoms with E-state index in [9.17, 15) is 34.1 Å². The van der Waals surface area contributed by atoms with Crippen LogP contribution in [0.5, 0.6) is 0 Å². The molecule has 0 radical (unpaired) electrons. The van der Waals surface area contributed by atoms with Crippen molar-refractivity contribution in [3.63, 3.8) is 0 Å². The first-order valence-corrected chi connectivity index (χ1v) is 16.1. The Bertz CT molecular complexity index is 1390. The van der Waals surface area contributed by atoms with Gasteiger partial charge in [-0.25, -0.2) is 14.4 Å². The topological polar surface area (TPSA) is 183 Å². The molecular formula is C34H46N4O10. The van der Waals surface area contributed by atoms with Gasteiger partial charge in [-0.3, -0.25) is 19.7 Å². The molecule has 1 heterocycles. The van der Waals surface area contributed by atoms with Crippen LogP contribution >= 0.6 is 0 Å². The van der Waals surface area contributed by atoms with Crippen LogP contribution in [0.3, 0.4) is 0 Å². The average molecular weight is 671 g/mol. The molecule has 1 aromatic carbocycles. The Morgan fingerprint density at radius 3 is 2.38 bits per heavy atom. The summed E-state index contributed by atoms with van der Waals surface area (Å²) in [6, 6.07) is 2.60. The predicted molar refractivity (Wildman–Crippen MR) is 175 cm³/mol. The fraction of sp³-hybridized carbons (Fsp3) is 0.559. The lowest BCUT2D eigenvalue weighted by Crippen LogP contribution is -2.56. The zero-order chi connectivity index (χ0) is 35.6. The molecule has 1 saturated carbocycles. The summed E-state index contributed by atoms with van der Waals surface area (Å²) in [4.78, 5) is 78.4. The van der Waals surface area contributed by atoms with Gasteiger partial charge in [0.1, 0.15) is 29.3 Å². The van der Waals surface area contributed by atoms with Gasteiger partial charge in [-0.05, 0) is 65.5 Å². The molecule has 5 atom stereocenters. The first kappa shape index (κ1) is 37.7. The molecule has 2 aliphatic rings. The second-order valence-electron chi connectivity index (χ2n) is 12.9. The minimum Gasteiger partial charge on any atom is -0.464 e. The second kappa shape index (κ2) is 16.4. The normalized spacial score (nSPS) is 22.1. The summed E-state index contributed by atoms with van der Waals surface area (Å²) >= 11 is 0. The summed E-state index contributed by atoms with van der Waals surface area (Å²) in [6.45, 7) is 14.1. The molecule has 0 spiro atoms. The smallest absolute Gasteiger partial charge is 0.408 e. The first-order chi connectivity index (χ1) is 22.6. The molecule has 0 bridgehead atoms. The van der Waals surface area contributed by atoms with Crippen molar-refractivity contribution >= 4 is 35.5 Å². The van der Waals surface area contributed by atoms with E-state index in [0.717, 1.165) is 19.3 Å². The molecule has 262 valence electrons. The SMILES string of the molecule is C=CCCCCC[C@H](NC(=O)OC(C)(C)C)C(=O)N1C[C@H](OC(=O)c2ccc([N+](=O)[O-])cc2)C[C@H]1C(=O)N[C@]1(C(=O)OCC)C[C@H]1C=C. The third-order valence-corrected chi connectivity index (χ3v) is 8.11. The maximum Gasteiger partial charge on any atom is 0.408 e. The van der Waals surface area contributed by atoms with Crippen LogP contribution < -0.4 is 10.6 Å². The number of allylic oxidation sites excluding steroid dienone is 1. The summed E-state index contributed by atoms with van der Waals surface area (Å²) < 4.78 is 16.3. The number of hydrogen-bond donors (Lipinski definition) is 2. The Kier molecular flexibility index (Phi) is 12.9. The van der Waals surface area contributed by atoms with Crippen molar-refractivity contribution in [1.29, 1.82) is 0 Å². The van der Waals surface area contributed by atoms with Gasteiger partial charge in [0.15, 0.2) is 0 Å². The van der Waals surface area contributed by atoms with Gasteiger partial charge in [0.05, 0.1) is 23.6 Å². The van der Waals surface area contributed by atoms with Crippen LogP contribution in [0, 0.1) is 16.0 Å². The third-order valence-electron chi connectivity index (χ3n) is 8.11.